The Morgan fingerprint density at radius 2 is 2.16 bits per heavy atom. The van der Waals surface area contributed by atoms with Crippen LogP contribution in [0.4, 0.5) is 4.39 Å². The van der Waals surface area contributed by atoms with Crippen LogP contribution in [-0.4, -0.2) is 31.9 Å². The van der Waals surface area contributed by atoms with Gasteiger partial charge in [-0.05, 0) is 43.2 Å². The Morgan fingerprint density at radius 3 is 2.94 bits per heavy atom. The molecular formula is C23H21FN6O. The van der Waals surface area contributed by atoms with Crippen LogP contribution in [0, 0.1) is 24.1 Å². The van der Waals surface area contributed by atoms with E-state index in [1.807, 2.05) is 6.07 Å². The van der Waals surface area contributed by atoms with E-state index in [1.54, 1.807) is 42.3 Å². The molecule has 3 aromatic rings. The number of rotatable bonds is 6. The van der Waals surface area contributed by atoms with Gasteiger partial charge in [-0.1, -0.05) is 12.2 Å². The van der Waals surface area contributed by atoms with Crippen molar-refractivity contribution < 1.29 is 9.18 Å². The molecule has 156 valence electrons. The second kappa shape index (κ2) is 8.48. The fraction of sp³-hybridized carbons (Fsp3) is 0.261. The zero-order valence-electron chi connectivity index (χ0n) is 17.1. The molecule has 3 heterocycles. The van der Waals surface area contributed by atoms with Gasteiger partial charge in [0.05, 0.1) is 41.6 Å². The Balaban J connectivity index is 1.38. The van der Waals surface area contributed by atoms with Gasteiger partial charge in [-0.25, -0.2) is 9.40 Å². The SMILES string of the molecule is C=C(CCC(=O)N1N=CCC1c1cnc(C)c(F)c1)Cn1ncc2cc(C#N)ccc21. The first-order valence-electron chi connectivity index (χ1n) is 9.95. The largest absolute Gasteiger partial charge is 0.273 e. The van der Waals surface area contributed by atoms with Gasteiger partial charge in [-0.3, -0.25) is 14.5 Å². The van der Waals surface area contributed by atoms with E-state index in [-0.39, 0.29) is 18.4 Å². The van der Waals surface area contributed by atoms with Crippen LogP contribution in [0.5, 0.6) is 0 Å². The molecule has 0 spiro atoms. The molecule has 7 nitrogen and oxygen atoms in total. The number of hydrogen-bond acceptors (Lipinski definition) is 5. The predicted molar refractivity (Wildman–Crippen MR) is 114 cm³/mol. The number of hydrazone groups is 1. The topological polar surface area (TPSA) is 87.2 Å². The maximum absolute atomic E-state index is 13.9. The van der Waals surface area contributed by atoms with Crippen molar-refractivity contribution in [2.24, 2.45) is 5.10 Å². The maximum atomic E-state index is 13.9. The van der Waals surface area contributed by atoms with Crippen LogP contribution in [0.25, 0.3) is 10.9 Å². The van der Waals surface area contributed by atoms with E-state index in [2.05, 4.69) is 27.8 Å². The molecule has 1 aromatic carbocycles. The standard InChI is InChI=1S/C23H21FN6O/c1-15(14-29-21-5-4-17(11-25)9-18(21)13-28-29)3-6-23(31)30-22(7-8-27-30)19-10-20(24)16(2)26-12-19/h4-5,8-10,12-13,22H,1,3,6-7,14H2,2H3. The average Bonchev–Trinajstić information content (AvgIpc) is 3.41. The van der Waals surface area contributed by atoms with Crippen molar-refractivity contribution >= 4 is 23.0 Å². The van der Waals surface area contributed by atoms with Crippen LogP contribution < -0.4 is 0 Å². The molecular weight excluding hydrogens is 395 g/mol. The second-order valence-electron chi connectivity index (χ2n) is 7.56. The fourth-order valence-electron chi connectivity index (χ4n) is 3.61. The smallest absolute Gasteiger partial charge is 0.243 e. The Morgan fingerprint density at radius 1 is 1.32 bits per heavy atom. The summed E-state index contributed by atoms with van der Waals surface area (Å²) in [6, 6.07) is 8.60. The Hall–Kier alpha value is -3.86. The van der Waals surface area contributed by atoms with Crippen LogP contribution >= 0.6 is 0 Å². The highest BCUT2D eigenvalue weighted by molar-refractivity contribution is 5.81. The van der Waals surface area contributed by atoms with E-state index in [0.717, 1.165) is 16.5 Å². The predicted octanol–water partition coefficient (Wildman–Crippen LogP) is 4.05. The lowest BCUT2D eigenvalue weighted by Gasteiger charge is -2.22. The highest BCUT2D eigenvalue weighted by Gasteiger charge is 2.28. The number of allylic oxidation sites excluding steroid dienone is 1. The van der Waals surface area contributed by atoms with Crippen molar-refractivity contribution in [2.75, 3.05) is 0 Å². The molecule has 0 N–H and O–H groups in total. The number of halogens is 1. The molecule has 1 aliphatic heterocycles. The summed E-state index contributed by atoms with van der Waals surface area (Å²) < 4.78 is 15.7. The van der Waals surface area contributed by atoms with Gasteiger partial charge in [0.1, 0.15) is 5.82 Å². The highest BCUT2D eigenvalue weighted by atomic mass is 19.1. The Labute approximate surface area is 179 Å². The van der Waals surface area contributed by atoms with Gasteiger partial charge in [0.2, 0.25) is 5.91 Å². The molecule has 0 fully saturated rings. The van der Waals surface area contributed by atoms with Crippen molar-refractivity contribution in [3.63, 3.8) is 0 Å². The molecule has 4 rings (SSSR count). The van der Waals surface area contributed by atoms with Gasteiger partial charge in [-0.2, -0.15) is 15.5 Å². The Kier molecular flexibility index (Phi) is 5.58. The van der Waals surface area contributed by atoms with E-state index in [1.165, 1.54) is 11.1 Å². The highest BCUT2D eigenvalue weighted by Crippen LogP contribution is 2.29. The molecule has 0 saturated carbocycles. The molecule has 2 aromatic heterocycles. The zero-order chi connectivity index (χ0) is 22.0. The summed E-state index contributed by atoms with van der Waals surface area (Å²) in [5.41, 5.74) is 3.30. The summed E-state index contributed by atoms with van der Waals surface area (Å²) in [5.74, 6) is -0.539. The number of carbonyl (C=O) groups excluding carboxylic acids is 1. The lowest BCUT2D eigenvalue weighted by atomic mass is 10.1. The third-order valence-corrected chi connectivity index (χ3v) is 5.35. The first-order chi connectivity index (χ1) is 15.0. The van der Waals surface area contributed by atoms with E-state index in [4.69, 9.17) is 5.26 Å². The van der Waals surface area contributed by atoms with Crippen molar-refractivity contribution in [2.45, 2.75) is 38.8 Å². The first-order valence-corrected chi connectivity index (χ1v) is 9.95. The molecule has 31 heavy (non-hydrogen) atoms. The number of amides is 1. The number of carbonyl (C=O) groups is 1. The number of fused-ring (bicyclic) bond motifs is 1. The third kappa shape index (κ3) is 4.21. The summed E-state index contributed by atoms with van der Waals surface area (Å²) in [5, 5.41) is 19.9. The molecule has 0 radical (unpaired) electrons. The van der Waals surface area contributed by atoms with Gasteiger partial charge < -0.3 is 0 Å². The van der Waals surface area contributed by atoms with Crippen LogP contribution in [0.3, 0.4) is 0 Å². The van der Waals surface area contributed by atoms with Gasteiger partial charge >= 0.3 is 0 Å². The monoisotopic (exact) mass is 416 g/mol. The molecule has 1 atom stereocenters. The minimum Gasteiger partial charge on any atom is -0.273 e. The second-order valence-corrected chi connectivity index (χ2v) is 7.56. The molecule has 1 amide bonds. The number of nitrogens with zero attached hydrogens (tertiary/aromatic N) is 6. The van der Waals surface area contributed by atoms with E-state index in [0.29, 0.717) is 36.2 Å². The lowest BCUT2D eigenvalue weighted by Crippen LogP contribution is -2.27. The zero-order valence-corrected chi connectivity index (χ0v) is 17.1. The summed E-state index contributed by atoms with van der Waals surface area (Å²) in [4.78, 5) is 16.8. The third-order valence-electron chi connectivity index (χ3n) is 5.35. The quantitative estimate of drug-likeness (QED) is 0.567. The van der Waals surface area contributed by atoms with Gasteiger partial charge in [0.25, 0.3) is 0 Å². The molecule has 0 bridgehead atoms. The van der Waals surface area contributed by atoms with Crippen molar-refractivity contribution in [1.82, 2.24) is 19.8 Å². The van der Waals surface area contributed by atoms with Crippen molar-refractivity contribution in [3.8, 4) is 6.07 Å². The molecule has 1 unspecified atom stereocenters. The molecule has 0 saturated heterocycles. The van der Waals surface area contributed by atoms with Gasteiger partial charge in [0, 0.05) is 30.6 Å². The molecule has 8 heteroatoms. The number of nitriles is 1. The lowest BCUT2D eigenvalue weighted by molar-refractivity contribution is -0.133. The minimum absolute atomic E-state index is 0.148. The van der Waals surface area contributed by atoms with Crippen LogP contribution in [0.15, 0.2) is 53.9 Å². The van der Waals surface area contributed by atoms with Gasteiger partial charge in [0.15, 0.2) is 0 Å². The number of aryl methyl sites for hydroxylation is 1. The Bertz CT molecular complexity index is 1240. The summed E-state index contributed by atoms with van der Waals surface area (Å²) in [7, 11) is 0. The fourth-order valence-corrected chi connectivity index (χ4v) is 3.61. The van der Waals surface area contributed by atoms with Crippen molar-refractivity contribution in [1.29, 1.82) is 5.26 Å². The summed E-state index contributed by atoms with van der Waals surface area (Å²) >= 11 is 0. The van der Waals surface area contributed by atoms with E-state index in [9.17, 15) is 9.18 Å². The number of hydrogen-bond donors (Lipinski definition) is 0. The number of pyridine rings is 1. The summed E-state index contributed by atoms with van der Waals surface area (Å²) in [6.07, 6.45) is 6.23. The first kappa shape index (κ1) is 20.4. The van der Waals surface area contributed by atoms with Crippen molar-refractivity contribution in [3.05, 3.63) is 71.4 Å². The normalized spacial score (nSPS) is 15.4. The van der Waals surface area contributed by atoms with Crippen LogP contribution in [0.2, 0.25) is 0 Å². The van der Waals surface area contributed by atoms with Gasteiger partial charge in [-0.15, -0.1) is 0 Å². The number of aromatic nitrogens is 3. The van der Waals surface area contributed by atoms with Crippen LogP contribution in [0.1, 0.15) is 42.1 Å². The average molecular weight is 416 g/mol. The van der Waals surface area contributed by atoms with E-state index >= 15 is 0 Å². The molecule has 1 aliphatic rings. The molecule has 0 aliphatic carbocycles. The number of benzene rings is 1. The minimum atomic E-state index is -0.390. The van der Waals surface area contributed by atoms with Crippen LogP contribution in [-0.2, 0) is 11.3 Å². The maximum Gasteiger partial charge on any atom is 0.243 e. The van der Waals surface area contributed by atoms with E-state index < -0.39 is 5.82 Å². The summed E-state index contributed by atoms with van der Waals surface area (Å²) in [6.45, 7) is 6.16.